The summed E-state index contributed by atoms with van der Waals surface area (Å²) in [7, 11) is 1.51. The van der Waals surface area contributed by atoms with Crippen molar-refractivity contribution in [2.75, 3.05) is 12.4 Å². The summed E-state index contributed by atoms with van der Waals surface area (Å²) in [5.41, 5.74) is 6.88. The molecule has 1 fully saturated rings. The number of nitriles is 1. The molecular formula is C15H19N3O2. The fourth-order valence-corrected chi connectivity index (χ4v) is 2.63. The molecule has 0 bridgehead atoms. The van der Waals surface area contributed by atoms with Crippen molar-refractivity contribution in [1.82, 2.24) is 0 Å². The summed E-state index contributed by atoms with van der Waals surface area (Å²) in [6, 6.07) is 6.95. The normalized spacial score (nSPS) is 16.4. The Bertz CT molecular complexity index is 543. The minimum atomic E-state index is -0.371. The van der Waals surface area contributed by atoms with Gasteiger partial charge in [0, 0.05) is 18.0 Å². The number of anilines is 1. The first-order valence-corrected chi connectivity index (χ1v) is 6.73. The van der Waals surface area contributed by atoms with Crippen molar-refractivity contribution in [3.8, 4) is 11.8 Å². The molecule has 0 heterocycles. The van der Waals surface area contributed by atoms with Gasteiger partial charge in [-0.2, -0.15) is 5.26 Å². The van der Waals surface area contributed by atoms with E-state index in [2.05, 4.69) is 5.32 Å². The summed E-state index contributed by atoms with van der Waals surface area (Å²) in [5, 5.41) is 11.7. The number of carbonyl (C=O) groups excluding carboxylic acids is 1. The van der Waals surface area contributed by atoms with Gasteiger partial charge in [0.1, 0.15) is 5.75 Å². The maximum Gasteiger partial charge on any atom is 0.226 e. The lowest BCUT2D eigenvalue weighted by Crippen LogP contribution is -2.40. The van der Waals surface area contributed by atoms with Crippen molar-refractivity contribution in [3.63, 3.8) is 0 Å². The quantitative estimate of drug-likeness (QED) is 0.880. The second kappa shape index (κ2) is 5.93. The first kappa shape index (κ1) is 14.4. The predicted octanol–water partition coefficient (Wildman–Crippen LogP) is 2.17. The summed E-state index contributed by atoms with van der Waals surface area (Å²) in [4.78, 5) is 12.1. The highest BCUT2D eigenvalue weighted by molar-refractivity contribution is 5.93. The van der Waals surface area contributed by atoms with Crippen LogP contribution in [0.3, 0.4) is 0 Å². The lowest BCUT2D eigenvalue weighted by Gasteiger charge is -2.22. The van der Waals surface area contributed by atoms with Crippen LogP contribution in [0, 0.1) is 11.3 Å². The molecule has 1 aromatic rings. The van der Waals surface area contributed by atoms with Gasteiger partial charge >= 0.3 is 0 Å². The number of carbonyl (C=O) groups is 1. The Balaban J connectivity index is 2.06. The Hall–Kier alpha value is -2.06. The van der Waals surface area contributed by atoms with Gasteiger partial charge in [0.2, 0.25) is 5.91 Å². The number of rotatable bonds is 4. The van der Waals surface area contributed by atoms with Crippen LogP contribution < -0.4 is 15.8 Å². The van der Waals surface area contributed by atoms with Gasteiger partial charge in [0.05, 0.1) is 24.4 Å². The second-order valence-electron chi connectivity index (χ2n) is 5.32. The second-order valence-corrected chi connectivity index (χ2v) is 5.32. The fourth-order valence-electron chi connectivity index (χ4n) is 2.63. The monoisotopic (exact) mass is 273 g/mol. The van der Waals surface area contributed by atoms with Gasteiger partial charge in [-0.25, -0.2) is 0 Å². The smallest absolute Gasteiger partial charge is 0.226 e. The third kappa shape index (κ3) is 3.28. The van der Waals surface area contributed by atoms with E-state index in [9.17, 15) is 4.79 Å². The van der Waals surface area contributed by atoms with Crippen LogP contribution in [0.5, 0.6) is 5.75 Å². The zero-order chi connectivity index (χ0) is 14.6. The van der Waals surface area contributed by atoms with Crippen LogP contribution in [0.15, 0.2) is 18.2 Å². The van der Waals surface area contributed by atoms with E-state index in [0.29, 0.717) is 23.4 Å². The van der Waals surface area contributed by atoms with Crippen molar-refractivity contribution in [2.45, 2.75) is 37.6 Å². The highest BCUT2D eigenvalue weighted by atomic mass is 16.5. The van der Waals surface area contributed by atoms with Crippen LogP contribution in [-0.4, -0.2) is 18.6 Å². The minimum absolute atomic E-state index is 0.114. The molecule has 3 N–H and O–H groups in total. The van der Waals surface area contributed by atoms with Crippen molar-refractivity contribution in [1.29, 1.82) is 5.26 Å². The average molecular weight is 273 g/mol. The van der Waals surface area contributed by atoms with Gasteiger partial charge in [0.15, 0.2) is 0 Å². The van der Waals surface area contributed by atoms with Crippen molar-refractivity contribution >= 4 is 11.6 Å². The maximum absolute atomic E-state index is 12.1. The number of methoxy groups -OCH3 is 1. The molecule has 0 radical (unpaired) electrons. The molecule has 1 aromatic carbocycles. The lowest BCUT2D eigenvalue weighted by atomic mass is 9.94. The number of nitrogens with one attached hydrogen (secondary N) is 1. The number of hydrogen-bond acceptors (Lipinski definition) is 4. The Morgan fingerprint density at radius 2 is 2.20 bits per heavy atom. The molecule has 2 rings (SSSR count). The van der Waals surface area contributed by atoms with Crippen molar-refractivity contribution < 1.29 is 9.53 Å². The summed E-state index contributed by atoms with van der Waals surface area (Å²) in [5.74, 6) is 0.368. The zero-order valence-corrected chi connectivity index (χ0v) is 11.6. The zero-order valence-electron chi connectivity index (χ0n) is 11.6. The van der Waals surface area contributed by atoms with Crippen LogP contribution in [0.1, 0.15) is 37.7 Å². The molecule has 0 spiro atoms. The predicted molar refractivity (Wildman–Crippen MR) is 76.3 cm³/mol. The van der Waals surface area contributed by atoms with Crippen molar-refractivity contribution in [3.05, 3.63) is 23.8 Å². The van der Waals surface area contributed by atoms with Crippen LogP contribution in [0.2, 0.25) is 0 Å². The maximum atomic E-state index is 12.1. The van der Waals surface area contributed by atoms with Gasteiger partial charge in [-0.15, -0.1) is 0 Å². The van der Waals surface area contributed by atoms with E-state index < -0.39 is 0 Å². The molecule has 1 aliphatic rings. The molecule has 0 atom stereocenters. The molecule has 20 heavy (non-hydrogen) atoms. The van der Waals surface area contributed by atoms with E-state index in [0.717, 1.165) is 25.7 Å². The van der Waals surface area contributed by atoms with Crippen LogP contribution in [0.25, 0.3) is 0 Å². The van der Waals surface area contributed by atoms with Crippen LogP contribution in [-0.2, 0) is 4.79 Å². The number of benzene rings is 1. The third-order valence-electron chi connectivity index (χ3n) is 3.72. The molecule has 5 heteroatoms. The number of amides is 1. The molecule has 0 aromatic heterocycles. The number of nitrogens with zero attached hydrogens (tertiary/aromatic N) is 1. The highest BCUT2D eigenvalue weighted by Gasteiger charge is 2.31. The lowest BCUT2D eigenvalue weighted by molar-refractivity contribution is -0.117. The van der Waals surface area contributed by atoms with Crippen LogP contribution in [0.4, 0.5) is 5.69 Å². The van der Waals surface area contributed by atoms with E-state index in [1.807, 2.05) is 6.07 Å². The Morgan fingerprint density at radius 3 is 2.80 bits per heavy atom. The number of nitrogens with two attached hydrogens (primary N) is 1. The van der Waals surface area contributed by atoms with Gasteiger partial charge in [0.25, 0.3) is 0 Å². The molecule has 0 saturated heterocycles. The Morgan fingerprint density at radius 1 is 1.50 bits per heavy atom. The summed E-state index contributed by atoms with van der Waals surface area (Å²) in [6.45, 7) is 0. The minimum Gasteiger partial charge on any atom is -0.495 e. The molecule has 1 aliphatic carbocycles. The van der Waals surface area contributed by atoms with E-state index in [4.69, 9.17) is 15.7 Å². The molecule has 1 amide bonds. The van der Waals surface area contributed by atoms with Crippen LogP contribution >= 0.6 is 0 Å². The molecule has 1 saturated carbocycles. The van der Waals surface area contributed by atoms with E-state index in [1.165, 1.54) is 7.11 Å². The van der Waals surface area contributed by atoms with Gasteiger partial charge < -0.3 is 15.8 Å². The largest absolute Gasteiger partial charge is 0.495 e. The average Bonchev–Trinajstić information content (AvgIpc) is 2.85. The van der Waals surface area contributed by atoms with E-state index >= 15 is 0 Å². The summed E-state index contributed by atoms with van der Waals surface area (Å²) < 4.78 is 5.19. The first-order chi connectivity index (χ1) is 9.56. The Kier molecular flexibility index (Phi) is 4.26. The third-order valence-corrected chi connectivity index (χ3v) is 3.72. The molecule has 5 nitrogen and oxygen atoms in total. The van der Waals surface area contributed by atoms with Gasteiger partial charge in [-0.05, 0) is 25.0 Å². The summed E-state index contributed by atoms with van der Waals surface area (Å²) in [6.07, 6.45) is 4.28. The van der Waals surface area contributed by atoms with E-state index in [-0.39, 0.29) is 11.4 Å². The summed E-state index contributed by atoms with van der Waals surface area (Å²) >= 11 is 0. The van der Waals surface area contributed by atoms with E-state index in [1.54, 1.807) is 18.2 Å². The Labute approximate surface area is 118 Å². The first-order valence-electron chi connectivity index (χ1n) is 6.73. The topological polar surface area (TPSA) is 88.1 Å². The molecule has 106 valence electrons. The number of ether oxygens (including phenoxy) is 1. The van der Waals surface area contributed by atoms with Gasteiger partial charge in [-0.3, -0.25) is 4.79 Å². The number of hydrogen-bond donors (Lipinski definition) is 2. The fraction of sp³-hybridized carbons (Fsp3) is 0.467. The van der Waals surface area contributed by atoms with Crippen molar-refractivity contribution in [2.24, 2.45) is 5.73 Å². The molecular weight excluding hydrogens is 254 g/mol. The van der Waals surface area contributed by atoms with Gasteiger partial charge in [-0.1, -0.05) is 12.8 Å². The molecule has 0 unspecified atom stereocenters. The highest BCUT2D eigenvalue weighted by Crippen LogP contribution is 2.31. The molecule has 0 aliphatic heterocycles. The SMILES string of the molecule is COc1cc(C#N)ccc1NC(=O)CC1(N)CCCC1. The standard InChI is InChI=1S/C15H19N3O2/c1-20-13-8-11(10-16)4-5-12(13)18-14(19)9-15(17)6-2-3-7-15/h4-5,8H,2-3,6-7,9,17H2,1H3,(H,18,19).